The average molecular weight is 460 g/mol. The van der Waals surface area contributed by atoms with E-state index in [0.29, 0.717) is 6.42 Å². The van der Waals surface area contributed by atoms with Crippen molar-refractivity contribution in [3.8, 4) is 0 Å². The highest BCUT2D eigenvalue weighted by Crippen LogP contribution is 2.58. The number of methoxy groups -OCH3 is 1. The number of rotatable bonds is 9. The molecular formula is C18H19F11O. The van der Waals surface area contributed by atoms with E-state index >= 15 is 0 Å². The Bertz CT molecular complexity index is 693. The van der Waals surface area contributed by atoms with Crippen molar-refractivity contribution in [2.24, 2.45) is 5.92 Å². The summed E-state index contributed by atoms with van der Waals surface area (Å²) in [6, 6.07) is 5.24. The van der Waals surface area contributed by atoms with Crippen molar-refractivity contribution in [3.63, 3.8) is 0 Å². The first-order chi connectivity index (χ1) is 13.3. The molecule has 1 aromatic rings. The molecule has 1 nitrogen and oxygen atoms in total. The van der Waals surface area contributed by atoms with Crippen LogP contribution in [-0.2, 0) is 11.2 Å². The van der Waals surface area contributed by atoms with Crippen molar-refractivity contribution in [1.29, 1.82) is 0 Å². The van der Waals surface area contributed by atoms with Gasteiger partial charge in [0.25, 0.3) is 0 Å². The molecule has 1 atom stereocenters. The minimum atomic E-state index is -7.42. The minimum Gasteiger partial charge on any atom is -0.377 e. The van der Waals surface area contributed by atoms with Gasteiger partial charge in [-0.25, -0.2) is 0 Å². The van der Waals surface area contributed by atoms with Gasteiger partial charge in [0.2, 0.25) is 0 Å². The third kappa shape index (κ3) is 4.83. The predicted molar refractivity (Wildman–Crippen MR) is 85.2 cm³/mol. The Labute approximate surface area is 165 Å². The summed E-state index contributed by atoms with van der Waals surface area (Å²) in [5.74, 6) is -27.6. The van der Waals surface area contributed by atoms with E-state index in [1.807, 2.05) is 13.8 Å². The first-order valence-corrected chi connectivity index (χ1v) is 8.51. The second-order valence-corrected chi connectivity index (χ2v) is 7.19. The Hall–Kier alpha value is -1.59. The van der Waals surface area contributed by atoms with Crippen LogP contribution in [0.5, 0.6) is 0 Å². The number of hydrogen-bond donors (Lipinski definition) is 0. The van der Waals surface area contributed by atoms with Gasteiger partial charge >= 0.3 is 29.9 Å². The molecule has 174 valence electrons. The summed E-state index contributed by atoms with van der Waals surface area (Å²) in [6.45, 7) is 3.76. The third-order valence-corrected chi connectivity index (χ3v) is 4.33. The molecule has 0 N–H and O–H groups in total. The Balaban J connectivity index is 3.22. The van der Waals surface area contributed by atoms with Crippen LogP contribution in [0.25, 0.3) is 0 Å². The quantitative estimate of drug-likeness (QED) is 0.359. The van der Waals surface area contributed by atoms with Crippen molar-refractivity contribution in [2.45, 2.75) is 62.7 Å². The van der Waals surface area contributed by atoms with Gasteiger partial charge in [-0.15, -0.1) is 0 Å². The van der Waals surface area contributed by atoms with Crippen LogP contribution >= 0.6 is 0 Å². The Morgan fingerprint density at radius 1 is 0.733 bits per heavy atom. The summed E-state index contributed by atoms with van der Waals surface area (Å²) in [6.07, 6.45) is -10.8. The summed E-state index contributed by atoms with van der Waals surface area (Å²) < 4.78 is 149. The predicted octanol–water partition coefficient (Wildman–Crippen LogP) is 7.07. The molecule has 12 heteroatoms. The lowest BCUT2D eigenvalue weighted by Gasteiger charge is -2.38. The van der Waals surface area contributed by atoms with Gasteiger partial charge in [0.1, 0.15) is 0 Å². The van der Waals surface area contributed by atoms with Gasteiger partial charge < -0.3 is 4.74 Å². The van der Waals surface area contributed by atoms with Gasteiger partial charge in [0, 0.05) is 13.5 Å². The number of alkyl halides is 11. The molecule has 0 aliphatic rings. The van der Waals surface area contributed by atoms with Crippen LogP contribution in [0.15, 0.2) is 24.3 Å². The molecule has 0 spiro atoms. The highest BCUT2D eigenvalue weighted by atomic mass is 19.4. The zero-order valence-corrected chi connectivity index (χ0v) is 15.9. The smallest absolute Gasteiger partial charge is 0.377 e. The van der Waals surface area contributed by atoms with Crippen LogP contribution in [0.4, 0.5) is 48.3 Å². The van der Waals surface area contributed by atoms with Gasteiger partial charge in [0.15, 0.2) is 0 Å². The normalized spacial score (nSPS) is 15.6. The Kier molecular flexibility index (Phi) is 7.50. The van der Waals surface area contributed by atoms with E-state index in [0.717, 1.165) is 12.7 Å². The Morgan fingerprint density at radius 2 is 1.20 bits per heavy atom. The summed E-state index contributed by atoms with van der Waals surface area (Å²) in [7, 11) is 0.767. The zero-order chi connectivity index (χ0) is 23.8. The summed E-state index contributed by atoms with van der Waals surface area (Å²) in [5, 5.41) is 0. The molecule has 0 aromatic heterocycles. The Morgan fingerprint density at radius 3 is 1.57 bits per heavy atom. The molecule has 0 saturated carbocycles. The molecule has 0 heterocycles. The molecule has 0 saturated heterocycles. The SMILES string of the molecule is COC(CC(F)(F)C(F)(F)C(F)(F)C(F)(F)C(F)(F)F)c1ccc(CC(C)C)cc1. The van der Waals surface area contributed by atoms with Crippen LogP contribution in [-0.4, -0.2) is 37.0 Å². The van der Waals surface area contributed by atoms with Crippen molar-refractivity contribution < 1.29 is 53.0 Å². The number of benzene rings is 1. The highest BCUT2D eigenvalue weighted by molar-refractivity contribution is 5.25. The number of hydrogen-bond acceptors (Lipinski definition) is 1. The maximum atomic E-state index is 14.0. The summed E-state index contributed by atoms with van der Waals surface area (Å²) in [4.78, 5) is 0. The minimum absolute atomic E-state index is 0.175. The number of halogens is 11. The maximum Gasteiger partial charge on any atom is 0.460 e. The average Bonchev–Trinajstić information content (AvgIpc) is 2.58. The van der Waals surface area contributed by atoms with Crippen molar-refractivity contribution >= 4 is 0 Å². The fraction of sp³-hybridized carbons (Fsp3) is 0.667. The summed E-state index contributed by atoms with van der Waals surface area (Å²) in [5.41, 5.74) is 0.559. The molecule has 1 rings (SSSR count). The summed E-state index contributed by atoms with van der Waals surface area (Å²) >= 11 is 0. The molecule has 0 aliphatic carbocycles. The fourth-order valence-electron chi connectivity index (χ4n) is 2.64. The zero-order valence-electron chi connectivity index (χ0n) is 15.9. The lowest BCUT2D eigenvalue weighted by Crippen LogP contribution is -2.66. The van der Waals surface area contributed by atoms with Gasteiger partial charge in [-0.1, -0.05) is 38.1 Å². The molecule has 0 amide bonds. The first-order valence-electron chi connectivity index (χ1n) is 8.51. The molecule has 0 fully saturated rings. The molecule has 30 heavy (non-hydrogen) atoms. The standard InChI is InChI=1S/C18H19F11O/c1-10(2)8-11-4-6-12(7-5-11)13(30-3)9-14(19,20)15(21,22)16(23,24)17(25,26)18(27,28)29/h4-7,10,13H,8-9H2,1-3H3. The van der Waals surface area contributed by atoms with Crippen LogP contribution < -0.4 is 0 Å². The van der Waals surface area contributed by atoms with E-state index < -0.39 is 42.4 Å². The molecule has 1 unspecified atom stereocenters. The maximum absolute atomic E-state index is 14.0. The van der Waals surface area contributed by atoms with E-state index in [2.05, 4.69) is 4.74 Å². The van der Waals surface area contributed by atoms with Crippen LogP contribution in [0.2, 0.25) is 0 Å². The van der Waals surface area contributed by atoms with E-state index in [1.165, 1.54) is 24.3 Å². The fourth-order valence-corrected chi connectivity index (χ4v) is 2.64. The van der Waals surface area contributed by atoms with Crippen molar-refractivity contribution in [3.05, 3.63) is 35.4 Å². The molecule has 0 bridgehead atoms. The third-order valence-electron chi connectivity index (χ3n) is 4.33. The van der Waals surface area contributed by atoms with E-state index in [-0.39, 0.29) is 11.5 Å². The van der Waals surface area contributed by atoms with Gasteiger partial charge in [-0.3, -0.25) is 0 Å². The van der Waals surface area contributed by atoms with Gasteiger partial charge in [0.05, 0.1) is 6.10 Å². The van der Waals surface area contributed by atoms with Crippen LogP contribution in [0.3, 0.4) is 0 Å². The number of ether oxygens (including phenoxy) is 1. The van der Waals surface area contributed by atoms with Crippen LogP contribution in [0, 0.1) is 5.92 Å². The monoisotopic (exact) mass is 460 g/mol. The molecular weight excluding hydrogens is 441 g/mol. The highest BCUT2D eigenvalue weighted by Gasteiger charge is 2.87. The van der Waals surface area contributed by atoms with Crippen molar-refractivity contribution in [2.75, 3.05) is 7.11 Å². The lowest BCUT2D eigenvalue weighted by atomic mass is 9.92. The largest absolute Gasteiger partial charge is 0.460 e. The first kappa shape index (κ1) is 26.4. The molecule has 0 radical (unpaired) electrons. The second-order valence-electron chi connectivity index (χ2n) is 7.19. The van der Waals surface area contributed by atoms with E-state index in [1.54, 1.807) is 0 Å². The molecule has 1 aromatic carbocycles. The van der Waals surface area contributed by atoms with Gasteiger partial charge in [-0.05, 0) is 23.5 Å². The van der Waals surface area contributed by atoms with E-state index in [4.69, 9.17) is 0 Å². The van der Waals surface area contributed by atoms with Crippen LogP contribution in [0.1, 0.15) is 37.5 Å². The second kappa shape index (κ2) is 8.51. The van der Waals surface area contributed by atoms with E-state index in [9.17, 15) is 48.3 Å². The molecule has 0 aliphatic heterocycles. The van der Waals surface area contributed by atoms with Gasteiger partial charge in [-0.2, -0.15) is 48.3 Å². The lowest BCUT2D eigenvalue weighted by molar-refractivity contribution is -0.423. The topological polar surface area (TPSA) is 9.23 Å². The van der Waals surface area contributed by atoms with Crippen molar-refractivity contribution in [1.82, 2.24) is 0 Å².